The molecule has 3 heterocycles. The number of amides is 2. The van der Waals surface area contributed by atoms with E-state index < -0.39 is 0 Å². The Morgan fingerprint density at radius 1 is 0.939 bits per heavy atom. The van der Waals surface area contributed by atoms with Crippen molar-refractivity contribution in [2.24, 2.45) is 0 Å². The molecule has 0 saturated carbocycles. The molecule has 174 valence electrons. The lowest BCUT2D eigenvalue weighted by atomic mass is 10.2. The average molecular weight is 487 g/mol. The van der Waals surface area contributed by atoms with Crippen molar-refractivity contribution < 1.29 is 23.8 Å². The van der Waals surface area contributed by atoms with Gasteiger partial charge in [-0.25, -0.2) is 0 Å². The molecule has 9 heteroatoms. The van der Waals surface area contributed by atoms with Gasteiger partial charge in [-0.2, -0.15) is 0 Å². The van der Waals surface area contributed by atoms with E-state index in [2.05, 4.69) is 0 Å². The Kier molecular flexibility index (Phi) is 7.98. The maximum atomic E-state index is 13.4. The summed E-state index contributed by atoms with van der Waals surface area (Å²) < 4.78 is 16.1. The molecule has 0 aliphatic carbocycles. The van der Waals surface area contributed by atoms with Gasteiger partial charge in [-0.1, -0.05) is 18.2 Å². The predicted octanol–water partition coefficient (Wildman–Crippen LogP) is 3.78. The minimum absolute atomic E-state index is 0.00347. The Morgan fingerprint density at radius 2 is 1.70 bits per heavy atom. The summed E-state index contributed by atoms with van der Waals surface area (Å²) in [7, 11) is 1.59. The summed E-state index contributed by atoms with van der Waals surface area (Å²) in [6.07, 6.45) is 0.280. The second-order valence-electron chi connectivity index (χ2n) is 7.58. The Hall–Kier alpha value is -2.88. The summed E-state index contributed by atoms with van der Waals surface area (Å²) in [5, 5.41) is 3.94. The fourth-order valence-corrected chi connectivity index (χ4v) is 4.93. The van der Waals surface area contributed by atoms with Crippen LogP contribution in [-0.2, 0) is 33.8 Å². The molecule has 0 saturated heterocycles. The maximum Gasteiger partial charge on any atom is 0.242 e. The van der Waals surface area contributed by atoms with E-state index in [1.807, 2.05) is 53.2 Å². The molecule has 4 rings (SSSR count). The highest BCUT2D eigenvalue weighted by Gasteiger charge is 2.23. The van der Waals surface area contributed by atoms with Crippen molar-refractivity contribution in [1.82, 2.24) is 9.80 Å². The van der Waals surface area contributed by atoms with Crippen molar-refractivity contribution in [2.75, 3.05) is 33.6 Å². The largest absolute Gasteiger partial charge is 0.454 e. The molecule has 0 atom stereocenters. The number of nitrogens with zero attached hydrogens (tertiary/aromatic N) is 2. The third-order valence-corrected chi connectivity index (χ3v) is 6.98. The molecule has 3 aromatic rings. The van der Waals surface area contributed by atoms with Gasteiger partial charge in [0.25, 0.3) is 0 Å². The van der Waals surface area contributed by atoms with Gasteiger partial charge in [0.05, 0.1) is 26.1 Å². The number of methoxy groups -OCH3 is 1. The van der Waals surface area contributed by atoms with Crippen LogP contribution in [0.1, 0.15) is 15.3 Å². The van der Waals surface area contributed by atoms with Gasteiger partial charge in [0.15, 0.2) is 11.5 Å². The molecule has 0 bridgehead atoms. The summed E-state index contributed by atoms with van der Waals surface area (Å²) >= 11 is 3.14. The van der Waals surface area contributed by atoms with E-state index in [-0.39, 0.29) is 31.6 Å². The van der Waals surface area contributed by atoms with Crippen LogP contribution in [0.15, 0.2) is 53.2 Å². The number of carbonyl (C=O) groups excluding carboxylic acids is 2. The van der Waals surface area contributed by atoms with Gasteiger partial charge in [-0.3, -0.25) is 9.59 Å². The van der Waals surface area contributed by atoms with E-state index in [1.54, 1.807) is 28.2 Å². The van der Waals surface area contributed by atoms with E-state index >= 15 is 0 Å². The third kappa shape index (κ3) is 6.34. The van der Waals surface area contributed by atoms with Crippen molar-refractivity contribution in [3.8, 4) is 11.5 Å². The van der Waals surface area contributed by atoms with Crippen molar-refractivity contribution in [3.63, 3.8) is 0 Å². The normalized spacial score (nSPS) is 12.0. The first-order valence-electron chi connectivity index (χ1n) is 10.6. The summed E-state index contributed by atoms with van der Waals surface area (Å²) in [4.78, 5) is 31.8. The second kappa shape index (κ2) is 11.3. The van der Waals surface area contributed by atoms with Crippen LogP contribution in [0, 0.1) is 0 Å². The molecule has 1 aliphatic heterocycles. The van der Waals surface area contributed by atoms with Crippen LogP contribution in [0.3, 0.4) is 0 Å². The van der Waals surface area contributed by atoms with E-state index in [0.29, 0.717) is 37.7 Å². The van der Waals surface area contributed by atoms with Crippen LogP contribution in [0.5, 0.6) is 11.5 Å². The molecule has 33 heavy (non-hydrogen) atoms. The van der Waals surface area contributed by atoms with Gasteiger partial charge in [0.1, 0.15) is 0 Å². The standard InChI is InChI=1S/C24H26N2O5S2/c1-29-9-8-25(23(27)13-19-4-2-10-32-19)16-24(28)26(15-20-5-3-11-33-20)14-18-6-7-21-22(12-18)31-17-30-21/h2-7,10-12H,8-9,13-17H2,1H3. The molecule has 0 N–H and O–H groups in total. The third-order valence-electron chi connectivity index (χ3n) is 5.24. The smallest absolute Gasteiger partial charge is 0.242 e. The van der Waals surface area contributed by atoms with Crippen LogP contribution in [0.4, 0.5) is 0 Å². The number of thiophene rings is 2. The molecule has 7 nitrogen and oxygen atoms in total. The van der Waals surface area contributed by atoms with Crippen molar-refractivity contribution >= 4 is 34.5 Å². The number of ether oxygens (including phenoxy) is 3. The van der Waals surface area contributed by atoms with Crippen LogP contribution in [0.25, 0.3) is 0 Å². The zero-order valence-corrected chi connectivity index (χ0v) is 20.0. The first-order valence-corrected chi connectivity index (χ1v) is 12.4. The lowest BCUT2D eigenvalue weighted by Crippen LogP contribution is -2.44. The number of benzene rings is 1. The molecule has 2 amide bonds. The minimum Gasteiger partial charge on any atom is -0.454 e. The first kappa shape index (κ1) is 23.3. The number of carbonyl (C=O) groups is 2. The number of hydrogen-bond donors (Lipinski definition) is 0. The Morgan fingerprint density at radius 3 is 2.42 bits per heavy atom. The van der Waals surface area contributed by atoms with Crippen LogP contribution in [-0.4, -0.2) is 55.2 Å². The van der Waals surface area contributed by atoms with Crippen molar-refractivity contribution in [1.29, 1.82) is 0 Å². The minimum atomic E-state index is -0.114. The number of fused-ring (bicyclic) bond motifs is 1. The SMILES string of the molecule is COCCN(CC(=O)N(Cc1ccc2c(c1)OCO2)Cc1cccs1)C(=O)Cc1cccs1. The Bertz CT molecular complexity index is 1050. The van der Waals surface area contributed by atoms with Crippen molar-refractivity contribution in [2.45, 2.75) is 19.5 Å². The zero-order chi connectivity index (χ0) is 23.0. The monoisotopic (exact) mass is 486 g/mol. The molecule has 1 aromatic carbocycles. The van der Waals surface area contributed by atoms with Crippen LogP contribution < -0.4 is 9.47 Å². The molecule has 0 radical (unpaired) electrons. The lowest BCUT2D eigenvalue weighted by Gasteiger charge is -2.27. The van der Waals surface area contributed by atoms with Crippen LogP contribution >= 0.6 is 22.7 Å². The highest BCUT2D eigenvalue weighted by Crippen LogP contribution is 2.33. The number of hydrogen-bond acceptors (Lipinski definition) is 7. The Balaban J connectivity index is 1.48. The average Bonchev–Trinajstić information content (AvgIpc) is 3.58. The van der Waals surface area contributed by atoms with Gasteiger partial charge in [0, 0.05) is 30.0 Å². The topological polar surface area (TPSA) is 68.3 Å². The van der Waals surface area contributed by atoms with Gasteiger partial charge >= 0.3 is 0 Å². The second-order valence-corrected chi connectivity index (χ2v) is 9.65. The van der Waals surface area contributed by atoms with Gasteiger partial charge < -0.3 is 24.0 Å². The van der Waals surface area contributed by atoms with E-state index in [1.165, 1.54) is 11.3 Å². The molecule has 0 unspecified atom stereocenters. The maximum absolute atomic E-state index is 13.4. The first-order chi connectivity index (χ1) is 16.1. The lowest BCUT2D eigenvalue weighted by molar-refractivity contribution is -0.141. The number of rotatable bonds is 11. The summed E-state index contributed by atoms with van der Waals surface area (Å²) in [5.41, 5.74) is 0.942. The highest BCUT2D eigenvalue weighted by atomic mass is 32.1. The zero-order valence-electron chi connectivity index (χ0n) is 18.4. The quantitative estimate of drug-likeness (QED) is 0.413. The van der Waals surface area contributed by atoms with E-state index in [4.69, 9.17) is 14.2 Å². The highest BCUT2D eigenvalue weighted by molar-refractivity contribution is 7.10. The van der Waals surface area contributed by atoms with Gasteiger partial charge in [0.2, 0.25) is 18.6 Å². The van der Waals surface area contributed by atoms with E-state index in [9.17, 15) is 9.59 Å². The molecule has 2 aromatic heterocycles. The summed E-state index contributed by atoms with van der Waals surface area (Å²) in [6, 6.07) is 13.5. The summed E-state index contributed by atoms with van der Waals surface area (Å²) in [5.74, 6) is 1.20. The fourth-order valence-electron chi connectivity index (χ4n) is 3.51. The van der Waals surface area contributed by atoms with Gasteiger partial charge in [-0.15, -0.1) is 22.7 Å². The molecular weight excluding hydrogens is 460 g/mol. The molecular formula is C24H26N2O5S2. The molecule has 0 spiro atoms. The molecule has 1 aliphatic rings. The van der Waals surface area contributed by atoms with Crippen LogP contribution in [0.2, 0.25) is 0 Å². The summed E-state index contributed by atoms with van der Waals surface area (Å²) in [6.45, 7) is 1.83. The Labute approximate surface area is 201 Å². The predicted molar refractivity (Wildman–Crippen MR) is 128 cm³/mol. The fraction of sp³-hybridized carbons (Fsp3) is 0.333. The van der Waals surface area contributed by atoms with Gasteiger partial charge in [-0.05, 0) is 40.6 Å². The van der Waals surface area contributed by atoms with Crippen molar-refractivity contribution in [3.05, 3.63) is 68.5 Å². The molecule has 0 fully saturated rings. The van der Waals surface area contributed by atoms with E-state index in [0.717, 1.165) is 15.3 Å².